The van der Waals surface area contributed by atoms with Crippen LogP contribution in [0, 0.1) is 0 Å². The van der Waals surface area contributed by atoms with Gasteiger partial charge in [0.2, 0.25) is 0 Å². The van der Waals surface area contributed by atoms with E-state index in [0.717, 1.165) is 19.5 Å². The summed E-state index contributed by atoms with van der Waals surface area (Å²) in [6.07, 6.45) is 5.59. The molecule has 0 bridgehead atoms. The molecular weight excluding hydrogens is 240 g/mol. The number of unbranched alkanes of at least 4 members (excludes halogenated alkanes) is 1. The minimum absolute atomic E-state index is 0.106. The van der Waals surface area contributed by atoms with Crippen LogP contribution in [0.1, 0.15) is 52.9 Å². The van der Waals surface area contributed by atoms with Crippen molar-refractivity contribution in [3.05, 3.63) is 0 Å². The molecule has 1 N–H and O–H groups in total. The van der Waals surface area contributed by atoms with E-state index in [0.29, 0.717) is 12.6 Å². The van der Waals surface area contributed by atoms with Crippen molar-refractivity contribution in [3.8, 4) is 0 Å². The van der Waals surface area contributed by atoms with Gasteiger partial charge in [-0.1, -0.05) is 13.3 Å². The molecule has 112 valence electrons. The lowest BCUT2D eigenvalue weighted by Gasteiger charge is -2.30. The van der Waals surface area contributed by atoms with E-state index in [9.17, 15) is 4.79 Å². The third kappa shape index (κ3) is 5.91. The van der Waals surface area contributed by atoms with E-state index < -0.39 is 5.54 Å². The quantitative estimate of drug-likeness (QED) is 0.618. The zero-order valence-corrected chi connectivity index (χ0v) is 13.0. The second-order valence-electron chi connectivity index (χ2n) is 5.88. The SMILES string of the molecule is CCCCN(C)CCC(C)(NC1CC1)C(=O)OCC. The number of carbonyl (C=O) groups is 1. The Morgan fingerprint density at radius 3 is 2.58 bits per heavy atom. The normalized spacial score (nSPS) is 18.4. The van der Waals surface area contributed by atoms with Gasteiger partial charge in [-0.25, -0.2) is 0 Å². The summed E-state index contributed by atoms with van der Waals surface area (Å²) in [5.41, 5.74) is -0.530. The van der Waals surface area contributed by atoms with Gasteiger partial charge < -0.3 is 9.64 Å². The highest BCUT2D eigenvalue weighted by Gasteiger charge is 2.39. The van der Waals surface area contributed by atoms with Gasteiger partial charge in [0.15, 0.2) is 0 Å². The highest BCUT2D eigenvalue weighted by atomic mass is 16.5. The van der Waals surface area contributed by atoms with Gasteiger partial charge in [-0.3, -0.25) is 10.1 Å². The molecule has 0 saturated heterocycles. The van der Waals surface area contributed by atoms with Crippen molar-refractivity contribution in [3.63, 3.8) is 0 Å². The lowest BCUT2D eigenvalue weighted by atomic mass is 9.97. The van der Waals surface area contributed by atoms with E-state index in [-0.39, 0.29) is 5.97 Å². The number of ether oxygens (including phenoxy) is 1. The first-order valence-electron chi connectivity index (χ1n) is 7.65. The van der Waals surface area contributed by atoms with E-state index >= 15 is 0 Å². The molecule has 0 spiro atoms. The average Bonchev–Trinajstić information content (AvgIpc) is 3.18. The fourth-order valence-electron chi connectivity index (χ4n) is 2.16. The Balaban J connectivity index is 2.45. The monoisotopic (exact) mass is 270 g/mol. The maximum Gasteiger partial charge on any atom is 0.326 e. The predicted molar refractivity (Wildman–Crippen MR) is 78.2 cm³/mol. The van der Waals surface area contributed by atoms with Gasteiger partial charge in [0.25, 0.3) is 0 Å². The number of nitrogens with one attached hydrogen (secondary N) is 1. The van der Waals surface area contributed by atoms with Gasteiger partial charge in [0.05, 0.1) is 6.61 Å². The Labute approximate surface area is 117 Å². The van der Waals surface area contributed by atoms with E-state index in [4.69, 9.17) is 4.74 Å². The first kappa shape index (κ1) is 16.4. The summed E-state index contributed by atoms with van der Waals surface area (Å²) in [6.45, 7) is 8.52. The zero-order valence-electron chi connectivity index (χ0n) is 13.0. The van der Waals surface area contributed by atoms with Crippen LogP contribution in [-0.2, 0) is 9.53 Å². The number of esters is 1. The number of rotatable bonds is 10. The molecule has 0 aliphatic heterocycles. The molecule has 1 aliphatic carbocycles. The predicted octanol–water partition coefficient (Wildman–Crippen LogP) is 2.18. The van der Waals surface area contributed by atoms with Crippen molar-refractivity contribution in [2.45, 2.75) is 64.5 Å². The standard InChI is InChI=1S/C15H30N2O2/c1-5-7-11-17(4)12-10-15(3,14(18)19-6-2)16-13-8-9-13/h13,16H,5-12H2,1-4H3. The molecule has 0 heterocycles. The number of hydrogen-bond donors (Lipinski definition) is 1. The van der Waals surface area contributed by atoms with Crippen LogP contribution in [0.2, 0.25) is 0 Å². The highest BCUT2D eigenvalue weighted by Crippen LogP contribution is 2.25. The van der Waals surface area contributed by atoms with Gasteiger partial charge in [0.1, 0.15) is 5.54 Å². The van der Waals surface area contributed by atoms with Gasteiger partial charge in [0, 0.05) is 12.6 Å². The molecule has 0 aromatic carbocycles. The molecule has 1 rings (SSSR count). The number of hydrogen-bond acceptors (Lipinski definition) is 4. The van der Waals surface area contributed by atoms with E-state index in [1.807, 2.05) is 13.8 Å². The Bertz CT molecular complexity index is 279. The summed E-state index contributed by atoms with van der Waals surface area (Å²) in [7, 11) is 2.12. The molecule has 0 aromatic rings. The number of nitrogens with zero attached hydrogens (tertiary/aromatic N) is 1. The molecule has 0 radical (unpaired) electrons. The Morgan fingerprint density at radius 2 is 2.05 bits per heavy atom. The smallest absolute Gasteiger partial charge is 0.326 e. The third-order valence-electron chi connectivity index (χ3n) is 3.71. The topological polar surface area (TPSA) is 41.6 Å². The summed E-state index contributed by atoms with van der Waals surface area (Å²) in [6, 6.07) is 0.510. The lowest BCUT2D eigenvalue weighted by Crippen LogP contribution is -2.53. The molecule has 4 nitrogen and oxygen atoms in total. The second kappa shape index (κ2) is 7.85. The zero-order chi connectivity index (χ0) is 14.3. The van der Waals surface area contributed by atoms with Crippen LogP contribution in [0.4, 0.5) is 0 Å². The molecule has 0 aromatic heterocycles. The molecule has 19 heavy (non-hydrogen) atoms. The van der Waals surface area contributed by atoms with Crippen LogP contribution in [0.15, 0.2) is 0 Å². The lowest BCUT2D eigenvalue weighted by molar-refractivity contribution is -0.151. The molecule has 1 aliphatic rings. The largest absolute Gasteiger partial charge is 0.465 e. The summed E-state index contributed by atoms with van der Waals surface area (Å²) in [5.74, 6) is -0.106. The maximum atomic E-state index is 12.2. The molecule has 1 atom stereocenters. The van der Waals surface area contributed by atoms with Gasteiger partial charge in [-0.05, 0) is 53.1 Å². The van der Waals surface area contributed by atoms with Crippen LogP contribution < -0.4 is 5.32 Å². The van der Waals surface area contributed by atoms with Crippen LogP contribution in [0.5, 0.6) is 0 Å². The van der Waals surface area contributed by atoms with Gasteiger partial charge in [-0.15, -0.1) is 0 Å². The van der Waals surface area contributed by atoms with Crippen LogP contribution in [-0.4, -0.2) is 49.2 Å². The Kier molecular flexibility index (Phi) is 6.80. The van der Waals surface area contributed by atoms with Crippen LogP contribution >= 0.6 is 0 Å². The molecule has 0 amide bonds. The second-order valence-corrected chi connectivity index (χ2v) is 5.88. The van der Waals surface area contributed by atoms with Crippen molar-refractivity contribution in [1.82, 2.24) is 10.2 Å². The summed E-state index contributed by atoms with van der Waals surface area (Å²) >= 11 is 0. The number of carbonyl (C=O) groups excluding carboxylic acids is 1. The van der Waals surface area contributed by atoms with Gasteiger partial charge >= 0.3 is 5.97 Å². The molecular formula is C15H30N2O2. The van der Waals surface area contributed by atoms with Crippen LogP contribution in [0.3, 0.4) is 0 Å². The maximum absolute atomic E-state index is 12.2. The Morgan fingerprint density at radius 1 is 1.37 bits per heavy atom. The third-order valence-corrected chi connectivity index (χ3v) is 3.71. The van der Waals surface area contributed by atoms with E-state index in [1.54, 1.807) is 0 Å². The van der Waals surface area contributed by atoms with Gasteiger partial charge in [-0.2, -0.15) is 0 Å². The summed E-state index contributed by atoms with van der Waals surface area (Å²) in [5, 5.41) is 3.46. The minimum Gasteiger partial charge on any atom is -0.465 e. The van der Waals surface area contributed by atoms with Crippen molar-refractivity contribution < 1.29 is 9.53 Å². The van der Waals surface area contributed by atoms with Crippen molar-refractivity contribution >= 4 is 5.97 Å². The fourth-order valence-corrected chi connectivity index (χ4v) is 2.16. The molecule has 1 unspecified atom stereocenters. The molecule has 1 saturated carbocycles. The first-order valence-corrected chi connectivity index (χ1v) is 7.65. The van der Waals surface area contributed by atoms with Crippen molar-refractivity contribution in [2.75, 3.05) is 26.7 Å². The van der Waals surface area contributed by atoms with Crippen molar-refractivity contribution in [1.29, 1.82) is 0 Å². The average molecular weight is 270 g/mol. The molecule has 4 heteroatoms. The summed E-state index contributed by atoms with van der Waals surface area (Å²) < 4.78 is 5.23. The van der Waals surface area contributed by atoms with Crippen molar-refractivity contribution in [2.24, 2.45) is 0 Å². The summed E-state index contributed by atoms with van der Waals surface area (Å²) in [4.78, 5) is 14.5. The van der Waals surface area contributed by atoms with Crippen LogP contribution in [0.25, 0.3) is 0 Å². The van der Waals surface area contributed by atoms with E-state index in [2.05, 4.69) is 24.2 Å². The first-order chi connectivity index (χ1) is 9.01. The highest BCUT2D eigenvalue weighted by molar-refractivity contribution is 5.80. The van der Waals surface area contributed by atoms with E-state index in [1.165, 1.54) is 25.7 Å². The Hall–Kier alpha value is -0.610. The fraction of sp³-hybridized carbons (Fsp3) is 0.933. The molecule has 1 fully saturated rings. The minimum atomic E-state index is -0.530.